The summed E-state index contributed by atoms with van der Waals surface area (Å²) in [5, 5.41) is 0. The number of allylic oxidation sites excluding steroid dienone is 4. The molecular weight excluding hydrogens is 344 g/mol. The third-order valence-corrected chi connectivity index (χ3v) is 6.09. The molecule has 0 spiro atoms. The fraction of sp³-hybridized carbons (Fsp3) is 0.769. The summed E-state index contributed by atoms with van der Waals surface area (Å²) >= 11 is 0. The zero-order valence-corrected chi connectivity index (χ0v) is 19.9. The summed E-state index contributed by atoms with van der Waals surface area (Å²) in [6.07, 6.45) is 18.1. The van der Waals surface area contributed by atoms with Gasteiger partial charge in [-0.2, -0.15) is 0 Å². The molecule has 0 saturated heterocycles. The molecule has 0 fully saturated rings. The van der Waals surface area contributed by atoms with Gasteiger partial charge in [-0.15, -0.1) is 0 Å². The van der Waals surface area contributed by atoms with Crippen LogP contribution in [0.4, 0.5) is 0 Å². The van der Waals surface area contributed by atoms with Crippen molar-refractivity contribution in [1.29, 1.82) is 0 Å². The zero-order chi connectivity index (χ0) is 21.2. The summed E-state index contributed by atoms with van der Waals surface area (Å²) in [5.41, 5.74) is 1.51. The highest BCUT2D eigenvalue weighted by molar-refractivity contribution is 5.35. The normalized spacial score (nSPS) is 21.8. The molecule has 2 nitrogen and oxygen atoms in total. The van der Waals surface area contributed by atoms with E-state index in [4.69, 9.17) is 9.47 Å². The first-order chi connectivity index (χ1) is 13.3. The van der Waals surface area contributed by atoms with Gasteiger partial charge in [0.15, 0.2) is 0 Å². The molecule has 0 saturated carbocycles. The Morgan fingerprint density at radius 3 is 2.36 bits per heavy atom. The highest BCUT2D eigenvalue weighted by atomic mass is 16.5. The SMILES string of the molecule is CC/C=C\C(CC(C)C)C1C(OC)=CC(C(C)(C)CCCCCC)=CC1OC. The van der Waals surface area contributed by atoms with Gasteiger partial charge < -0.3 is 9.47 Å². The molecule has 1 rings (SSSR count). The van der Waals surface area contributed by atoms with Crippen LogP contribution in [0.15, 0.2) is 35.6 Å². The van der Waals surface area contributed by atoms with E-state index in [2.05, 4.69) is 65.8 Å². The minimum absolute atomic E-state index is 0.0649. The maximum atomic E-state index is 6.02. The lowest BCUT2D eigenvalue weighted by Gasteiger charge is -2.38. The maximum Gasteiger partial charge on any atom is 0.102 e. The van der Waals surface area contributed by atoms with Gasteiger partial charge in [0.1, 0.15) is 5.76 Å². The van der Waals surface area contributed by atoms with Crippen LogP contribution < -0.4 is 0 Å². The van der Waals surface area contributed by atoms with Crippen molar-refractivity contribution in [3.05, 3.63) is 35.6 Å². The molecular formula is C26H46O2. The summed E-state index contributed by atoms with van der Waals surface area (Å²) in [6, 6.07) is 0. The number of unbranched alkanes of at least 4 members (excludes halogenated alkanes) is 3. The van der Waals surface area contributed by atoms with Crippen LogP contribution >= 0.6 is 0 Å². The predicted octanol–water partition coefficient (Wildman–Crippen LogP) is 7.71. The molecule has 0 amide bonds. The molecule has 1 aliphatic carbocycles. The number of methoxy groups -OCH3 is 2. The van der Waals surface area contributed by atoms with Crippen LogP contribution in [0, 0.1) is 23.2 Å². The van der Waals surface area contributed by atoms with Crippen molar-refractivity contribution in [3.63, 3.8) is 0 Å². The summed E-state index contributed by atoms with van der Waals surface area (Å²) in [6.45, 7) is 13.8. The van der Waals surface area contributed by atoms with E-state index in [0.717, 1.165) is 18.6 Å². The van der Waals surface area contributed by atoms with Crippen molar-refractivity contribution in [2.75, 3.05) is 14.2 Å². The molecule has 0 aromatic rings. The summed E-state index contributed by atoms with van der Waals surface area (Å²) < 4.78 is 12.0. The Labute approximate surface area is 175 Å². The van der Waals surface area contributed by atoms with E-state index >= 15 is 0 Å². The van der Waals surface area contributed by atoms with Gasteiger partial charge in [-0.3, -0.25) is 0 Å². The molecule has 0 N–H and O–H groups in total. The van der Waals surface area contributed by atoms with Crippen molar-refractivity contribution in [2.24, 2.45) is 23.2 Å². The van der Waals surface area contributed by atoms with E-state index in [0.29, 0.717) is 11.8 Å². The van der Waals surface area contributed by atoms with E-state index < -0.39 is 0 Å². The Morgan fingerprint density at radius 2 is 1.82 bits per heavy atom. The molecule has 162 valence electrons. The monoisotopic (exact) mass is 390 g/mol. The molecule has 0 heterocycles. The Hall–Kier alpha value is -1.02. The second-order valence-corrected chi connectivity index (χ2v) is 9.42. The minimum Gasteiger partial charge on any atom is -0.501 e. The Balaban J connectivity index is 3.12. The maximum absolute atomic E-state index is 6.02. The smallest absolute Gasteiger partial charge is 0.102 e. The topological polar surface area (TPSA) is 18.5 Å². The highest BCUT2D eigenvalue weighted by Gasteiger charge is 2.37. The lowest BCUT2D eigenvalue weighted by atomic mass is 9.71. The third-order valence-electron chi connectivity index (χ3n) is 6.09. The lowest BCUT2D eigenvalue weighted by molar-refractivity contribution is 0.0503. The first-order valence-corrected chi connectivity index (χ1v) is 11.5. The largest absolute Gasteiger partial charge is 0.501 e. The molecule has 0 aromatic carbocycles. The van der Waals surface area contributed by atoms with E-state index in [9.17, 15) is 0 Å². The first-order valence-electron chi connectivity index (χ1n) is 11.5. The van der Waals surface area contributed by atoms with Crippen LogP contribution in [0.25, 0.3) is 0 Å². The van der Waals surface area contributed by atoms with Crippen LogP contribution in [-0.2, 0) is 9.47 Å². The molecule has 0 aliphatic heterocycles. The van der Waals surface area contributed by atoms with Gasteiger partial charge in [0.25, 0.3) is 0 Å². The number of hydrogen-bond acceptors (Lipinski definition) is 2. The van der Waals surface area contributed by atoms with Gasteiger partial charge >= 0.3 is 0 Å². The summed E-state index contributed by atoms with van der Waals surface area (Å²) in [7, 11) is 3.66. The third kappa shape index (κ3) is 7.43. The quantitative estimate of drug-likeness (QED) is 0.237. The lowest BCUT2D eigenvalue weighted by Crippen LogP contribution is -2.34. The average Bonchev–Trinajstić information content (AvgIpc) is 2.67. The van der Waals surface area contributed by atoms with Gasteiger partial charge in [0.2, 0.25) is 0 Å². The van der Waals surface area contributed by atoms with Crippen molar-refractivity contribution < 1.29 is 9.47 Å². The van der Waals surface area contributed by atoms with Crippen molar-refractivity contribution in [2.45, 2.75) is 92.6 Å². The molecule has 0 radical (unpaired) electrons. The summed E-state index contributed by atoms with van der Waals surface area (Å²) in [4.78, 5) is 0. The van der Waals surface area contributed by atoms with Crippen LogP contribution in [-0.4, -0.2) is 20.3 Å². The van der Waals surface area contributed by atoms with Crippen LogP contribution in [0.2, 0.25) is 0 Å². The van der Waals surface area contributed by atoms with E-state index in [-0.39, 0.29) is 17.4 Å². The van der Waals surface area contributed by atoms with E-state index in [1.165, 1.54) is 37.7 Å². The first kappa shape index (κ1) is 25.0. The van der Waals surface area contributed by atoms with Crippen LogP contribution in [0.3, 0.4) is 0 Å². The predicted molar refractivity (Wildman–Crippen MR) is 122 cm³/mol. The van der Waals surface area contributed by atoms with Crippen molar-refractivity contribution >= 4 is 0 Å². The zero-order valence-electron chi connectivity index (χ0n) is 19.9. The average molecular weight is 391 g/mol. The Bertz CT molecular complexity index is 525. The second kappa shape index (κ2) is 12.5. The molecule has 28 heavy (non-hydrogen) atoms. The van der Waals surface area contributed by atoms with Crippen LogP contribution in [0.1, 0.15) is 86.5 Å². The fourth-order valence-electron chi connectivity index (χ4n) is 4.36. The van der Waals surface area contributed by atoms with Crippen LogP contribution in [0.5, 0.6) is 0 Å². The van der Waals surface area contributed by atoms with E-state index in [1.807, 2.05) is 14.2 Å². The minimum atomic E-state index is 0.0649. The molecule has 2 heteroatoms. The Morgan fingerprint density at radius 1 is 1.11 bits per heavy atom. The molecule has 0 aromatic heterocycles. The number of ether oxygens (including phenoxy) is 2. The van der Waals surface area contributed by atoms with Gasteiger partial charge in [0, 0.05) is 7.11 Å². The van der Waals surface area contributed by atoms with E-state index in [1.54, 1.807) is 0 Å². The van der Waals surface area contributed by atoms with Gasteiger partial charge in [-0.25, -0.2) is 0 Å². The van der Waals surface area contributed by atoms with Crippen molar-refractivity contribution in [1.82, 2.24) is 0 Å². The van der Waals surface area contributed by atoms with Gasteiger partial charge in [0.05, 0.1) is 19.1 Å². The van der Waals surface area contributed by atoms with Gasteiger partial charge in [-0.1, -0.05) is 85.5 Å². The number of rotatable bonds is 13. The molecule has 3 atom stereocenters. The standard InChI is InChI=1S/C26H46O2/c1-9-11-13-14-16-26(5,6)22-18-23(27-7)25(24(19-22)28-8)21(15-12-10-2)17-20(3)4/h12,15,18-21,23,25H,9-11,13-14,16-17H2,1-8H3/b15-12-. The van der Waals surface area contributed by atoms with Crippen molar-refractivity contribution in [3.8, 4) is 0 Å². The highest BCUT2D eigenvalue weighted by Crippen LogP contribution is 2.42. The summed E-state index contributed by atoms with van der Waals surface area (Å²) in [5.74, 6) is 2.40. The second-order valence-electron chi connectivity index (χ2n) is 9.42. The fourth-order valence-corrected chi connectivity index (χ4v) is 4.36. The molecule has 3 unspecified atom stereocenters. The molecule has 1 aliphatic rings. The molecule has 0 bridgehead atoms. The Kier molecular flexibility index (Phi) is 11.2. The van der Waals surface area contributed by atoms with Gasteiger partial charge in [-0.05, 0) is 48.2 Å². The number of hydrogen-bond donors (Lipinski definition) is 0.